The molecular weight excluding hydrogens is 532 g/mol. The monoisotopic (exact) mass is 560 g/mol. The first-order valence-electron chi connectivity index (χ1n) is 13.4. The molecule has 6 rings (SSSR count). The third kappa shape index (κ3) is 5.75. The Kier molecular flexibility index (Phi) is 7.46. The summed E-state index contributed by atoms with van der Waals surface area (Å²) in [5.41, 5.74) is 19.8. The van der Waals surface area contributed by atoms with Crippen LogP contribution in [0.1, 0.15) is 11.1 Å². The van der Waals surface area contributed by atoms with E-state index in [4.69, 9.17) is 20.9 Å². The van der Waals surface area contributed by atoms with Crippen molar-refractivity contribution in [3.8, 4) is 22.3 Å². The van der Waals surface area contributed by atoms with E-state index in [0.29, 0.717) is 0 Å². The molecule has 2 atom stereocenters. The van der Waals surface area contributed by atoms with Crippen molar-refractivity contribution < 1.29 is 19.1 Å². The molecular formula is C32H28N6O4. The molecule has 0 aliphatic rings. The molecule has 42 heavy (non-hydrogen) atoms. The number of esters is 2. The van der Waals surface area contributed by atoms with Gasteiger partial charge in [-0.2, -0.15) is 0 Å². The summed E-state index contributed by atoms with van der Waals surface area (Å²) in [6, 6.07) is 19.7. The summed E-state index contributed by atoms with van der Waals surface area (Å²) in [4.78, 5) is 39.5. The van der Waals surface area contributed by atoms with E-state index in [1.165, 1.54) is 0 Å². The maximum Gasteiger partial charge on any atom is 0.419 e. The van der Waals surface area contributed by atoms with Gasteiger partial charge in [0.2, 0.25) is 0 Å². The Morgan fingerprint density at radius 1 is 0.619 bits per heavy atom. The Balaban J connectivity index is 1.07. The Bertz CT molecular complexity index is 1730. The highest BCUT2D eigenvalue weighted by molar-refractivity contribution is 6.29. The lowest BCUT2D eigenvalue weighted by atomic mass is 10.0. The number of rotatable bonds is 8. The van der Waals surface area contributed by atoms with Gasteiger partial charge < -0.3 is 19.4 Å². The van der Waals surface area contributed by atoms with E-state index in [0.717, 1.165) is 55.2 Å². The first kappa shape index (κ1) is 26.9. The average molecular weight is 561 g/mol. The van der Waals surface area contributed by atoms with E-state index in [1.807, 2.05) is 73.1 Å². The fraction of sp³-hybridized carbons (Fsp3) is 0.125. The molecule has 6 N–H and O–H groups in total. The molecule has 2 unspecified atom stereocenters. The van der Waals surface area contributed by atoms with Crippen molar-refractivity contribution >= 4 is 33.7 Å². The van der Waals surface area contributed by atoms with Gasteiger partial charge in [-0.15, -0.1) is 0 Å². The maximum atomic E-state index is 12.5. The van der Waals surface area contributed by atoms with Gasteiger partial charge in [0.25, 0.3) is 0 Å². The molecule has 4 aromatic heterocycles. The summed E-state index contributed by atoms with van der Waals surface area (Å²) < 4.78 is 10.4. The van der Waals surface area contributed by atoms with Crippen molar-refractivity contribution in [2.24, 2.45) is 11.5 Å². The predicted molar refractivity (Wildman–Crippen MR) is 159 cm³/mol. The largest absolute Gasteiger partial charge is 0.438 e. The third-order valence-corrected chi connectivity index (χ3v) is 7.09. The van der Waals surface area contributed by atoms with Crippen molar-refractivity contribution in [1.82, 2.24) is 19.9 Å². The minimum atomic E-state index is -1.20. The van der Waals surface area contributed by atoms with Crippen LogP contribution in [0.3, 0.4) is 0 Å². The van der Waals surface area contributed by atoms with Crippen LogP contribution in [0.4, 0.5) is 0 Å². The summed E-state index contributed by atoms with van der Waals surface area (Å²) in [7, 11) is 0. The minimum Gasteiger partial charge on any atom is -0.438 e. The van der Waals surface area contributed by atoms with Crippen LogP contribution in [0.25, 0.3) is 44.1 Å². The van der Waals surface area contributed by atoms with Gasteiger partial charge in [0.05, 0.1) is 0 Å². The van der Waals surface area contributed by atoms with Crippen molar-refractivity contribution in [2.45, 2.75) is 25.3 Å². The molecule has 0 amide bonds. The first-order chi connectivity index (χ1) is 20.4. The number of hydrogen-bond acceptors (Lipinski definition) is 8. The van der Waals surface area contributed by atoms with E-state index in [9.17, 15) is 9.59 Å². The van der Waals surface area contributed by atoms with Crippen LogP contribution in [-0.2, 0) is 31.9 Å². The van der Waals surface area contributed by atoms with Crippen LogP contribution in [0.15, 0.2) is 97.8 Å². The Morgan fingerprint density at radius 3 is 1.43 bits per heavy atom. The first-order valence-corrected chi connectivity index (χ1v) is 13.4. The molecule has 6 aromatic rings. The predicted octanol–water partition coefficient (Wildman–Crippen LogP) is 4.21. The molecule has 0 saturated heterocycles. The lowest BCUT2D eigenvalue weighted by molar-refractivity contribution is -0.173. The highest BCUT2D eigenvalue weighted by atomic mass is 16.6. The number of pyridine rings is 2. The van der Waals surface area contributed by atoms with Crippen LogP contribution in [-0.4, -0.2) is 44.3 Å². The number of hydrogen-bond donors (Lipinski definition) is 4. The van der Waals surface area contributed by atoms with E-state index >= 15 is 0 Å². The topological polar surface area (TPSA) is 162 Å². The molecule has 10 heteroatoms. The molecule has 0 aliphatic heterocycles. The van der Waals surface area contributed by atoms with Gasteiger partial charge in [-0.1, -0.05) is 12.1 Å². The zero-order valence-corrected chi connectivity index (χ0v) is 22.5. The molecule has 0 spiro atoms. The Hall–Kier alpha value is -5.32. The van der Waals surface area contributed by atoms with Gasteiger partial charge >= 0.3 is 11.9 Å². The Labute approximate surface area is 240 Å². The number of ether oxygens (including phenoxy) is 2. The molecule has 0 aliphatic carbocycles. The number of carbonyl (C=O) groups is 2. The van der Waals surface area contributed by atoms with E-state index in [1.54, 1.807) is 24.8 Å². The number of nitrogens with two attached hydrogens (primary N) is 2. The quantitative estimate of drug-likeness (QED) is 0.122. The summed E-state index contributed by atoms with van der Waals surface area (Å²) in [6.07, 6.45) is 8.82. The second-order valence-electron chi connectivity index (χ2n) is 9.92. The summed E-state index contributed by atoms with van der Waals surface area (Å²) in [5.74, 6) is -2.40. The van der Waals surface area contributed by atoms with Crippen molar-refractivity contribution in [2.75, 3.05) is 0 Å². The number of carbonyl (C=O) groups excluding carboxylic acids is 2. The normalized spacial score (nSPS) is 12.7. The molecule has 10 nitrogen and oxygen atoms in total. The number of benzene rings is 2. The van der Waals surface area contributed by atoms with Crippen LogP contribution in [0, 0.1) is 0 Å². The molecule has 2 aromatic carbocycles. The lowest BCUT2D eigenvalue weighted by Gasteiger charge is -2.15. The molecule has 0 saturated carbocycles. The molecule has 0 radical (unpaired) electrons. The van der Waals surface area contributed by atoms with Crippen molar-refractivity contribution in [3.63, 3.8) is 0 Å². The van der Waals surface area contributed by atoms with Gasteiger partial charge in [-0.25, -0.2) is 9.59 Å². The molecule has 210 valence electrons. The summed E-state index contributed by atoms with van der Waals surface area (Å²) in [5, 5.41) is 1.87. The van der Waals surface area contributed by atoms with E-state index in [2.05, 4.69) is 19.9 Å². The molecule has 0 fully saturated rings. The van der Waals surface area contributed by atoms with Gasteiger partial charge in [0, 0.05) is 71.8 Å². The third-order valence-electron chi connectivity index (χ3n) is 7.09. The smallest absolute Gasteiger partial charge is 0.419 e. The zero-order chi connectivity index (χ0) is 29.1. The van der Waals surface area contributed by atoms with Crippen molar-refractivity contribution in [3.05, 3.63) is 109 Å². The van der Waals surface area contributed by atoms with Crippen LogP contribution >= 0.6 is 0 Å². The fourth-order valence-electron chi connectivity index (χ4n) is 5.03. The second-order valence-corrected chi connectivity index (χ2v) is 9.92. The van der Waals surface area contributed by atoms with Gasteiger partial charge in [-0.3, -0.25) is 21.4 Å². The lowest BCUT2D eigenvalue weighted by Crippen LogP contribution is -2.37. The second kappa shape index (κ2) is 11.7. The summed E-state index contributed by atoms with van der Waals surface area (Å²) >= 11 is 0. The van der Waals surface area contributed by atoms with Crippen LogP contribution < -0.4 is 11.5 Å². The van der Waals surface area contributed by atoms with Gasteiger partial charge in [0.1, 0.15) is 0 Å². The summed E-state index contributed by atoms with van der Waals surface area (Å²) in [6.45, 7) is 0. The zero-order valence-electron chi connectivity index (χ0n) is 22.5. The molecule has 4 heterocycles. The van der Waals surface area contributed by atoms with Gasteiger partial charge in [0.15, 0.2) is 12.5 Å². The fourth-order valence-corrected chi connectivity index (χ4v) is 5.03. The molecule has 0 bridgehead atoms. The Morgan fingerprint density at radius 2 is 1.02 bits per heavy atom. The van der Waals surface area contributed by atoms with Crippen LogP contribution in [0.5, 0.6) is 0 Å². The highest BCUT2D eigenvalue weighted by Crippen LogP contribution is 2.28. The highest BCUT2D eigenvalue weighted by Gasteiger charge is 2.24. The van der Waals surface area contributed by atoms with Crippen LogP contribution in [0.2, 0.25) is 0 Å². The van der Waals surface area contributed by atoms with Gasteiger partial charge in [-0.05, 0) is 81.9 Å². The number of fused-ring (bicyclic) bond motifs is 2. The minimum absolute atomic E-state index is 0.194. The SMILES string of the molecule is NC(Cc1c[nH]c2ccc(-c3ccncc3)cc12)OC(=O)C(=O)OC(N)Cc1c[nH]c2ccc(-c3ccncc3)cc12. The van der Waals surface area contributed by atoms with Crippen molar-refractivity contribution in [1.29, 1.82) is 0 Å². The standard InChI is InChI=1S/C32H28N6O4/c33-29(15-23-17-37-27-3-1-21(13-25(23)27)19-5-9-35-10-6-19)41-31(39)32(40)42-30(34)16-24-18-38-28-4-2-22(14-26(24)28)20-7-11-36-12-8-20/h1-14,17-18,29-30,37-38H,15-16,33-34H2. The number of nitrogens with one attached hydrogen (secondary N) is 2. The van der Waals surface area contributed by atoms with E-state index < -0.39 is 24.4 Å². The average Bonchev–Trinajstić information content (AvgIpc) is 3.60. The number of H-pyrrole nitrogens is 2. The van der Waals surface area contributed by atoms with E-state index in [-0.39, 0.29) is 12.8 Å². The number of aromatic nitrogens is 4. The number of nitrogens with zero attached hydrogens (tertiary/aromatic N) is 2. The number of aromatic amines is 2. The maximum absolute atomic E-state index is 12.5.